The van der Waals surface area contributed by atoms with E-state index >= 15 is 0 Å². The third-order valence-electron chi connectivity index (χ3n) is 9.73. The Morgan fingerprint density at radius 1 is 0.327 bits per heavy atom. The minimum Gasteiger partial charge on any atom is -0.252 e. The van der Waals surface area contributed by atoms with E-state index in [9.17, 15) is 0 Å². The molecule has 0 aliphatic heterocycles. The summed E-state index contributed by atoms with van der Waals surface area (Å²) in [5, 5.41) is 7.33. The van der Waals surface area contributed by atoms with E-state index in [-0.39, 0.29) is 0 Å². The average molecular weight is 641 g/mol. The highest BCUT2D eigenvalue weighted by atomic mass is 32.1. The third-order valence-corrected chi connectivity index (χ3v) is 10.9. The fourth-order valence-corrected chi connectivity index (χ4v) is 8.32. The number of rotatable bonds is 4. The van der Waals surface area contributed by atoms with Crippen LogP contribution in [0.2, 0.25) is 0 Å². The minimum absolute atomic E-state index is 0.873. The molecule has 0 unspecified atom stereocenters. The van der Waals surface area contributed by atoms with Gasteiger partial charge in [-0.15, -0.1) is 11.3 Å². The van der Waals surface area contributed by atoms with Crippen LogP contribution in [0.1, 0.15) is 0 Å². The number of benzene rings is 8. The van der Waals surface area contributed by atoms with Crippen LogP contribution in [0.25, 0.3) is 97.4 Å². The molecular weight excluding hydrogens is 613 g/mol. The first-order valence-electron chi connectivity index (χ1n) is 16.6. The van der Waals surface area contributed by atoms with Crippen LogP contribution in [0.3, 0.4) is 0 Å². The van der Waals surface area contributed by atoms with E-state index in [0.717, 1.165) is 38.6 Å². The fraction of sp³-hybridized carbons (Fsp3) is 0. The Labute approximate surface area is 287 Å². The molecule has 2 nitrogen and oxygen atoms in total. The maximum absolute atomic E-state index is 5.20. The number of fused-ring (bicyclic) bond motifs is 9. The lowest BCUT2D eigenvalue weighted by Crippen LogP contribution is -1.92. The van der Waals surface area contributed by atoms with Crippen LogP contribution in [0.15, 0.2) is 170 Å². The maximum Gasteiger partial charge on any atom is 0.0979 e. The van der Waals surface area contributed by atoms with Crippen molar-refractivity contribution in [2.45, 2.75) is 0 Å². The summed E-state index contributed by atoms with van der Waals surface area (Å²) in [4.78, 5) is 10.2. The zero-order chi connectivity index (χ0) is 32.3. The van der Waals surface area contributed by atoms with Gasteiger partial charge in [-0.1, -0.05) is 140 Å². The van der Waals surface area contributed by atoms with Gasteiger partial charge in [-0.2, -0.15) is 0 Å². The molecule has 0 bridgehead atoms. The standard InChI is InChI=1S/C46H28N2S/c1-3-13-39-36(10-1)37-11-2-4-14-40(37)46-45(39)47-28-42(48-46)35-9-7-8-33(26-35)31-20-16-29(17-21-31)30-18-22-32(23-19-30)34-24-25-44-41(27-34)38-12-5-6-15-43(38)49-44/h1-28H. The van der Waals surface area contributed by atoms with Crippen LogP contribution < -0.4 is 0 Å². The summed E-state index contributed by atoms with van der Waals surface area (Å²) in [6, 6.07) is 58.9. The smallest absolute Gasteiger partial charge is 0.0979 e. The molecule has 0 aliphatic rings. The SMILES string of the molecule is c1cc(-c2ccc(-c3ccc(-c4ccc5sc6ccccc6c5c4)cc3)cc2)cc(-c2cnc3c4ccccc4c4ccccc4c3n2)c1. The molecule has 49 heavy (non-hydrogen) atoms. The van der Waals surface area contributed by atoms with Crippen molar-refractivity contribution in [3.05, 3.63) is 170 Å². The number of aromatic nitrogens is 2. The molecule has 0 saturated heterocycles. The molecule has 10 aromatic rings. The van der Waals surface area contributed by atoms with E-state index in [1.165, 1.54) is 58.8 Å². The average Bonchev–Trinajstić information content (AvgIpc) is 3.56. The summed E-state index contributed by atoms with van der Waals surface area (Å²) in [6.07, 6.45) is 1.91. The molecule has 0 amide bonds. The molecular formula is C46H28N2S. The van der Waals surface area contributed by atoms with Gasteiger partial charge >= 0.3 is 0 Å². The summed E-state index contributed by atoms with van der Waals surface area (Å²) in [5.41, 5.74) is 11.0. The Balaban J connectivity index is 0.950. The van der Waals surface area contributed by atoms with Crippen LogP contribution in [-0.4, -0.2) is 9.97 Å². The number of nitrogens with zero attached hydrogens (tertiary/aromatic N) is 2. The highest BCUT2D eigenvalue weighted by Crippen LogP contribution is 2.38. The van der Waals surface area contributed by atoms with Gasteiger partial charge in [0.05, 0.1) is 22.9 Å². The van der Waals surface area contributed by atoms with Gasteiger partial charge in [0.15, 0.2) is 0 Å². The number of hydrogen-bond acceptors (Lipinski definition) is 3. The minimum atomic E-state index is 0.873. The lowest BCUT2D eigenvalue weighted by molar-refractivity contribution is 1.31. The van der Waals surface area contributed by atoms with Crippen molar-refractivity contribution in [2.24, 2.45) is 0 Å². The van der Waals surface area contributed by atoms with Crippen molar-refractivity contribution in [3.8, 4) is 44.6 Å². The molecule has 0 atom stereocenters. The zero-order valence-electron chi connectivity index (χ0n) is 26.5. The summed E-state index contributed by atoms with van der Waals surface area (Å²) in [6.45, 7) is 0. The predicted molar refractivity (Wildman–Crippen MR) is 209 cm³/mol. The normalized spacial score (nSPS) is 11.7. The second-order valence-electron chi connectivity index (χ2n) is 12.6. The van der Waals surface area contributed by atoms with Crippen LogP contribution in [0, 0.1) is 0 Å². The van der Waals surface area contributed by atoms with Gasteiger partial charge < -0.3 is 0 Å². The van der Waals surface area contributed by atoms with Gasteiger partial charge in [0.2, 0.25) is 0 Å². The molecule has 0 N–H and O–H groups in total. The first kappa shape index (κ1) is 27.9. The van der Waals surface area contributed by atoms with Gasteiger partial charge in [-0.25, -0.2) is 4.98 Å². The van der Waals surface area contributed by atoms with Crippen LogP contribution in [0.4, 0.5) is 0 Å². The monoisotopic (exact) mass is 640 g/mol. The van der Waals surface area contributed by atoms with E-state index in [4.69, 9.17) is 9.97 Å². The lowest BCUT2D eigenvalue weighted by Gasteiger charge is -2.11. The molecule has 8 aromatic carbocycles. The molecule has 10 rings (SSSR count). The second kappa shape index (κ2) is 11.2. The third kappa shape index (κ3) is 4.70. The Hall–Kier alpha value is -6.16. The quantitative estimate of drug-likeness (QED) is 0.179. The van der Waals surface area contributed by atoms with Crippen LogP contribution >= 0.6 is 11.3 Å². The molecule has 0 fully saturated rings. The molecule has 3 heteroatoms. The number of hydrogen-bond donors (Lipinski definition) is 0. The Morgan fingerprint density at radius 3 is 1.49 bits per heavy atom. The van der Waals surface area contributed by atoms with Crippen molar-refractivity contribution in [1.82, 2.24) is 9.97 Å². The van der Waals surface area contributed by atoms with Crippen molar-refractivity contribution in [2.75, 3.05) is 0 Å². The highest BCUT2D eigenvalue weighted by molar-refractivity contribution is 7.25. The van der Waals surface area contributed by atoms with E-state index < -0.39 is 0 Å². The van der Waals surface area contributed by atoms with Gasteiger partial charge in [-0.3, -0.25) is 4.98 Å². The summed E-state index contributed by atoms with van der Waals surface area (Å²) < 4.78 is 2.67. The Kier molecular flexibility index (Phi) is 6.39. The topological polar surface area (TPSA) is 25.8 Å². The molecule has 0 saturated carbocycles. The van der Waals surface area contributed by atoms with Gasteiger partial charge in [0.25, 0.3) is 0 Å². The molecule has 2 aromatic heterocycles. The first-order chi connectivity index (χ1) is 24.3. The van der Waals surface area contributed by atoms with E-state index in [1.807, 2.05) is 17.5 Å². The largest absolute Gasteiger partial charge is 0.252 e. The van der Waals surface area contributed by atoms with E-state index in [2.05, 4.69) is 164 Å². The van der Waals surface area contributed by atoms with Gasteiger partial charge in [-0.05, 0) is 68.4 Å². The lowest BCUT2D eigenvalue weighted by atomic mass is 9.96. The Morgan fingerprint density at radius 2 is 0.816 bits per heavy atom. The summed E-state index contributed by atoms with van der Waals surface area (Å²) >= 11 is 1.86. The number of thiophene rings is 1. The van der Waals surface area contributed by atoms with Crippen molar-refractivity contribution in [3.63, 3.8) is 0 Å². The molecule has 228 valence electrons. The Bertz CT molecular complexity index is 2830. The second-order valence-corrected chi connectivity index (χ2v) is 13.7. The summed E-state index contributed by atoms with van der Waals surface area (Å²) in [7, 11) is 0. The van der Waals surface area contributed by atoms with Gasteiger partial charge in [0.1, 0.15) is 0 Å². The van der Waals surface area contributed by atoms with Crippen molar-refractivity contribution >= 4 is 64.1 Å². The van der Waals surface area contributed by atoms with Gasteiger partial charge in [0, 0.05) is 36.5 Å². The molecule has 2 heterocycles. The van der Waals surface area contributed by atoms with Crippen LogP contribution in [0.5, 0.6) is 0 Å². The van der Waals surface area contributed by atoms with Crippen molar-refractivity contribution in [1.29, 1.82) is 0 Å². The molecule has 0 aliphatic carbocycles. The van der Waals surface area contributed by atoms with Crippen LogP contribution in [-0.2, 0) is 0 Å². The van der Waals surface area contributed by atoms with E-state index in [0.29, 0.717) is 0 Å². The molecule has 0 radical (unpaired) electrons. The first-order valence-corrected chi connectivity index (χ1v) is 17.4. The summed E-state index contributed by atoms with van der Waals surface area (Å²) in [5.74, 6) is 0. The zero-order valence-corrected chi connectivity index (χ0v) is 27.3. The fourth-order valence-electron chi connectivity index (χ4n) is 7.24. The van der Waals surface area contributed by atoms with Crippen molar-refractivity contribution < 1.29 is 0 Å². The maximum atomic E-state index is 5.20. The highest BCUT2D eigenvalue weighted by Gasteiger charge is 2.13. The van der Waals surface area contributed by atoms with E-state index in [1.54, 1.807) is 0 Å². The molecule has 0 spiro atoms. The predicted octanol–water partition coefficient (Wildman–Crippen LogP) is 13.0.